The van der Waals surface area contributed by atoms with Crippen molar-refractivity contribution in [3.63, 3.8) is 0 Å². The highest BCUT2D eigenvalue weighted by molar-refractivity contribution is 7.18. The maximum Gasteiger partial charge on any atom is 0.220 e. The molecule has 0 saturated carbocycles. The van der Waals surface area contributed by atoms with E-state index >= 15 is 0 Å². The Labute approximate surface area is 144 Å². The smallest absolute Gasteiger partial charge is 0.220 e. The summed E-state index contributed by atoms with van der Waals surface area (Å²) in [5.41, 5.74) is 2.13. The molecule has 122 valence electrons. The summed E-state index contributed by atoms with van der Waals surface area (Å²) in [5.74, 6) is 1.20. The average molecular weight is 338 g/mol. The van der Waals surface area contributed by atoms with Crippen molar-refractivity contribution in [3.05, 3.63) is 59.1 Å². The lowest BCUT2D eigenvalue weighted by atomic mass is 9.90. The van der Waals surface area contributed by atoms with Gasteiger partial charge < -0.3 is 10.1 Å². The Bertz CT molecular complexity index is 841. The highest BCUT2D eigenvalue weighted by atomic mass is 32.1. The summed E-state index contributed by atoms with van der Waals surface area (Å²) in [7, 11) is 0. The summed E-state index contributed by atoms with van der Waals surface area (Å²) in [5, 5.41) is 3.95. The quantitative estimate of drug-likeness (QED) is 0.786. The number of ether oxygens (including phenoxy) is 1. The number of hydrogen-bond acceptors (Lipinski definition) is 4. The molecule has 1 aliphatic rings. The number of para-hydroxylation sites is 2. The number of benzene rings is 2. The van der Waals surface area contributed by atoms with E-state index in [4.69, 9.17) is 4.74 Å². The topological polar surface area (TPSA) is 51.2 Å². The van der Waals surface area contributed by atoms with Gasteiger partial charge in [0.1, 0.15) is 10.8 Å². The molecule has 4 nitrogen and oxygen atoms in total. The van der Waals surface area contributed by atoms with Crippen LogP contribution in [0.1, 0.15) is 29.3 Å². The third kappa shape index (κ3) is 3.12. The van der Waals surface area contributed by atoms with E-state index in [1.165, 1.54) is 0 Å². The van der Waals surface area contributed by atoms with Crippen LogP contribution in [0.15, 0.2) is 48.5 Å². The van der Waals surface area contributed by atoms with Crippen molar-refractivity contribution in [2.45, 2.75) is 25.3 Å². The Balaban J connectivity index is 1.39. The number of nitrogens with zero attached hydrogens (tertiary/aromatic N) is 1. The number of hydrogen-bond donors (Lipinski definition) is 1. The molecular formula is C19H18N2O2S. The molecule has 0 saturated heterocycles. The van der Waals surface area contributed by atoms with Crippen LogP contribution in [0.3, 0.4) is 0 Å². The summed E-state index contributed by atoms with van der Waals surface area (Å²) < 4.78 is 6.81. The fraction of sp³-hybridized carbons (Fsp3) is 0.263. The lowest BCUT2D eigenvalue weighted by molar-refractivity contribution is -0.121. The van der Waals surface area contributed by atoms with E-state index in [-0.39, 0.29) is 11.8 Å². The molecule has 1 amide bonds. The first kappa shape index (κ1) is 15.1. The second-order valence-electron chi connectivity index (χ2n) is 5.93. The first-order chi connectivity index (χ1) is 11.8. The maximum atomic E-state index is 12.3. The molecule has 4 rings (SSSR count). The van der Waals surface area contributed by atoms with Crippen LogP contribution in [0.5, 0.6) is 5.75 Å². The van der Waals surface area contributed by atoms with E-state index in [1.807, 2.05) is 36.4 Å². The number of amides is 1. The van der Waals surface area contributed by atoms with Crippen molar-refractivity contribution in [1.29, 1.82) is 0 Å². The lowest BCUT2D eigenvalue weighted by Gasteiger charge is -2.25. The molecule has 0 radical (unpaired) electrons. The minimum Gasteiger partial charge on any atom is -0.493 e. The first-order valence-electron chi connectivity index (χ1n) is 8.12. The number of rotatable bonds is 4. The number of nitrogens with one attached hydrogen (secondary N) is 1. The number of aromatic nitrogens is 1. The van der Waals surface area contributed by atoms with Gasteiger partial charge in [-0.25, -0.2) is 4.98 Å². The average Bonchev–Trinajstić information content (AvgIpc) is 3.03. The van der Waals surface area contributed by atoms with Crippen LogP contribution in [0.2, 0.25) is 0 Å². The molecule has 2 aromatic carbocycles. The molecule has 0 spiro atoms. The van der Waals surface area contributed by atoms with Gasteiger partial charge in [-0.05, 0) is 36.1 Å². The Kier molecular flexibility index (Phi) is 4.17. The Morgan fingerprint density at radius 3 is 2.96 bits per heavy atom. The van der Waals surface area contributed by atoms with E-state index in [1.54, 1.807) is 11.3 Å². The van der Waals surface area contributed by atoms with Crippen molar-refractivity contribution in [2.75, 3.05) is 6.61 Å². The molecule has 0 aliphatic carbocycles. The predicted octanol–water partition coefficient (Wildman–Crippen LogP) is 3.87. The molecule has 24 heavy (non-hydrogen) atoms. The third-order valence-corrected chi connectivity index (χ3v) is 5.33. The molecule has 3 aromatic rings. The largest absolute Gasteiger partial charge is 0.493 e. The molecule has 1 atom stereocenters. The van der Waals surface area contributed by atoms with Crippen LogP contribution >= 0.6 is 11.3 Å². The maximum absolute atomic E-state index is 12.3. The van der Waals surface area contributed by atoms with E-state index in [9.17, 15) is 4.79 Å². The van der Waals surface area contributed by atoms with Crippen molar-refractivity contribution < 1.29 is 9.53 Å². The molecule has 0 fully saturated rings. The van der Waals surface area contributed by atoms with Gasteiger partial charge >= 0.3 is 0 Å². The molecule has 2 heterocycles. The summed E-state index contributed by atoms with van der Waals surface area (Å²) in [6.07, 6.45) is 1.37. The van der Waals surface area contributed by atoms with Gasteiger partial charge in [-0.1, -0.05) is 30.3 Å². The summed E-state index contributed by atoms with van der Waals surface area (Å²) in [6, 6.07) is 16.0. The predicted molar refractivity (Wildman–Crippen MR) is 95.4 cm³/mol. The van der Waals surface area contributed by atoms with Gasteiger partial charge in [0, 0.05) is 6.42 Å². The van der Waals surface area contributed by atoms with E-state index in [0.717, 1.165) is 33.0 Å². The molecule has 0 bridgehead atoms. The standard InChI is InChI=1S/C19H18N2O2S/c22-18(11-13-9-10-23-16-7-3-1-5-14(13)16)20-12-19-21-15-6-2-4-8-17(15)24-19/h1-8,13H,9-12H2,(H,20,22). The summed E-state index contributed by atoms with van der Waals surface area (Å²) >= 11 is 1.63. The van der Waals surface area contributed by atoms with Gasteiger partial charge in [-0.3, -0.25) is 4.79 Å². The Morgan fingerprint density at radius 1 is 1.21 bits per heavy atom. The van der Waals surface area contributed by atoms with Crippen molar-refractivity contribution in [3.8, 4) is 5.75 Å². The molecule has 1 aliphatic heterocycles. The first-order valence-corrected chi connectivity index (χ1v) is 8.94. The molecular weight excluding hydrogens is 320 g/mol. The van der Waals surface area contributed by atoms with Crippen molar-refractivity contribution in [1.82, 2.24) is 10.3 Å². The molecule has 1 aromatic heterocycles. The molecule has 5 heteroatoms. The second-order valence-corrected chi connectivity index (χ2v) is 7.04. The van der Waals surface area contributed by atoms with Gasteiger partial charge in [0.2, 0.25) is 5.91 Å². The van der Waals surface area contributed by atoms with Crippen molar-refractivity contribution >= 4 is 27.5 Å². The number of thiazole rings is 1. The highest BCUT2D eigenvalue weighted by Crippen LogP contribution is 2.35. The minimum absolute atomic E-state index is 0.0657. The molecule has 1 unspecified atom stereocenters. The third-order valence-electron chi connectivity index (χ3n) is 4.29. The fourth-order valence-electron chi connectivity index (χ4n) is 3.09. The van der Waals surface area contributed by atoms with Gasteiger partial charge in [0.05, 0.1) is 23.4 Å². The van der Waals surface area contributed by atoms with Crippen LogP contribution in [-0.4, -0.2) is 17.5 Å². The minimum atomic E-state index is 0.0657. The van der Waals surface area contributed by atoms with Crippen LogP contribution < -0.4 is 10.1 Å². The summed E-state index contributed by atoms with van der Waals surface area (Å²) in [6.45, 7) is 1.16. The van der Waals surface area contributed by atoms with Gasteiger partial charge in [0.15, 0.2) is 0 Å². The lowest BCUT2D eigenvalue weighted by Crippen LogP contribution is -2.26. The summed E-state index contributed by atoms with van der Waals surface area (Å²) in [4.78, 5) is 16.9. The van der Waals surface area contributed by atoms with E-state index in [0.29, 0.717) is 19.6 Å². The molecule has 1 N–H and O–H groups in total. The highest BCUT2D eigenvalue weighted by Gasteiger charge is 2.23. The van der Waals surface area contributed by atoms with Crippen LogP contribution in [0.25, 0.3) is 10.2 Å². The number of carbonyl (C=O) groups excluding carboxylic acids is 1. The van der Waals surface area contributed by atoms with Gasteiger partial charge in [-0.15, -0.1) is 11.3 Å². The zero-order chi connectivity index (χ0) is 16.4. The van der Waals surface area contributed by atoms with Crippen LogP contribution in [0, 0.1) is 0 Å². The Hall–Kier alpha value is -2.40. The number of carbonyl (C=O) groups is 1. The SMILES string of the molecule is O=C(CC1CCOc2ccccc21)NCc1nc2ccccc2s1. The number of fused-ring (bicyclic) bond motifs is 2. The van der Waals surface area contributed by atoms with Crippen molar-refractivity contribution in [2.24, 2.45) is 0 Å². The normalized spacial score (nSPS) is 16.4. The fourth-order valence-corrected chi connectivity index (χ4v) is 4.00. The Morgan fingerprint density at radius 2 is 2.04 bits per heavy atom. The zero-order valence-electron chi connectivity index (χ0n) is 13.2. The van der Waals surface area contributed by atoms with Crippen LogP contribution in [-0.2, 0) is 11.3 Å². The van der Waals surface area contributed by atoms with E-state index in [2.05, 4.69) is 22.4 Å². The van der Waals surface area contributed by atoms with Gasteiger partial charge in [0.25, 0.3) is 0 Å². The zero-order valence-corrected chi connectivity index (χ0v) is 14.0. The second kappa shape index (κ2) is 6.61. The van der Waals surface area contributed by atoms with Gasteiger partial charge in [-0.2, -0.15) is 0 Å². The van der Waals surface area contributed by atoms with Crippen LogP contribution in [0.4, 0.5) is 0 Å². The van der Waals surface area contributed by atoms with E-state index < -0.39 is 0 Å². The monoisotopic (exact) mass is 338 g/mol.